The van der Waals surface area contributed by atoms with Crippen LogP contribution in [-0.4, -0.2) is 27.6 Å². The molecule has 1 amide bonds. The zero-order valence-electron chi connectivity index (χ0n) is 13.3. The second-order valence-corrected chi connectivity index (χ2v) is 7.80. The SMILES string of the molecule is Cc1ccc(C(=O)CSc2nnc(NC(=O)CC(C)C)s2)cc1. The number of hydrogen-bond acceptors (Lipinski definition) is 6. The van der Waals surface area contributed by atoms with Gasteiger partial charge in [-0.3, -0.25) is 9.59 Å². The van der Waals surface area contributed by atoms with Crippen molar-refractivity contribution in [2.45, 2.75) is 31.5 Å². The lowest BCUT2D eigenvalue weighted by molar-refractivity contribution is -0.116. The molecule has 0 saturated carbocycles. The molecule has 0 atom stereocenters. The predicted octanol–water partition coefficient (Wildman–Crippen LogP) is 3.81. The molecule has 7 heteroatoms. The summed E-state index contributed by atoms with van der Waals surface area (Å²) >= 11 is 2.62. The molecule has 0 unspecified atom stereocenters. The number of aromatic nitrogens is 2. The van der Waals surface area contributed by atoms with E-state index in [1.54, 1.807) is 0 Å². The number of carbonyl (C=O) groups excluding carboxylic acids is 2. The lowest BCUT2D eigenvalue weighted by Crippen LogP contribution is -2.13. The molecular formula is C16H19N3O2S2. The highest BCUT2D eigenvalue weighted by Crippen LogP contribution is 2.26. The normalized spacial score (nSPS) is 10.8. The van der Waals surface area contributed by atoms with Gasteiger partial charge in [-0.05, 0) is 12.8 Å². The summed E-state index contributed by atoms with van der Waals surface area (Å²) in [5, 5.41) is 11.1. The maximum absolute atomic E-state index is 12.1. The van der Waals surface area contributed by atoms with Gasteiger partial charge in [0, 0.05) is 12.0 Å². The molecule has 0 saturated heterocycles. The summed E-state index contributed by atoms with van der Waals surface area (Å²) in [6.07, 6.45) is 0.452. The highest BCUT2D eigenvalue weighted by Gasteiger charge is 2.12. The third kappa shape index (κ3) is 5.76. The quantitative estimate of drug-likeness (QED) is 0.467. The summed E-state index contributed by atoms with van der Waals surface area (Å²) < 4.78 is 0.672. The Morgan fingerprint density at radius 3 is 2.57 bits per heavy atom. The number of aryl methyl sites for hydroxylation is 1. The molecule has 1 aromatic carbocycles. The number of ketones is 1. The fourth-order valence-corrected chi connectivity index (χ4v) is 3.47. The van der Waals surface area contributed by atoms with Crippen LogP contribution in [0.4, 0.5) is 5.13 Å². The van der Waals surface area contributed by atoms with E-state index in [4.69, 9.17) is 0 Å². The first kappa shape index (κ1) is 17.6. The van der Waals surface area contributed by atoms with Crippen LogP contribution in [0.3, 0.4) is 0 Å². The number of thioether (sulfide) groups is 1. The zero-order valence-corrected chi connectivity index (χ0v) is 15.0. The minimum absolute atomic E-state index is 0.0515. The summed E-state index contributed by atoms with van der Waals surface area (Å²) in [5.41, 5.74) is 1.82. The van der Waals surface area contributed by atoms with Crippen LogP contribution in [0.25, 0.3) is 0 Å². The molecule has 0 radical (unpaired) electrons. The minimum Gasteiger partial charge on any atom is -0.300 e. The molecule has 0 aliphatic heterocycles. The van der Waals surface area contributed by atoms with Crippen molar-refractivity contribution in [3.05, 3.63) is 35.4 Å². The number of rotatable bonds is 7. The van der Waals surface area contributed by atoms with Crippen LogP contribution in [0.1, 0.15) is 36.2 Å². The Morgan fingerprint density at radius 1 is 1.22 bits per heavy atom. The molecule has 1 N–H and O–H groups in total. The van der Waals surface area contributed by atoms with Crippen LogP contribution < -0.4 is 5.32 Å². The summed E-state index contributed by atoms with van der Waals surface area (Å²) in [4.78, 5) is 23.8. The highest BCUT2D eigenvalue weighted by atomic mass is 32.2. The van der Waals surface area contributed by atoms with Crippen molar-refractivity contribution in [3.8, 4) is 0 Å². The van der Waals surface area contributed by atoms with Gasteiger partial charge < -0.3 is 5.32 Å². The van der Waals surface area contributed by atoms with Gasteiger partial charge in [0.15, 0.2) is 10.1 Å². The highest BCUT2D eigenvalue weighted by molar-refractivity contribution is 8.01. The number of nitrogens with one attached hydrogen (secondary N) is 1. The maximum atomic E-state index is 12.1. The monoisotopic (exact) mass is 349 g/mol. The third-order valence-corrected chi connectivity index (χ3v) is 4.92. The average molecular weight is 349 g/mol. The van der Waals surface area contributed by atoms with Crippen LogP contribution in [0.15, 0.2) is 28.6 Å². The van der Waals surface area contributed by atoms with Gasteiger partial charge in [-0.15, -0.1) is 10.2 Å². The smallest absolute Gasteiger partial charge is 0.226 e. The lowest BCUT2D eigenvalue weighted by atomic mass is 10.1. The molecule has 122 valence electrons. The van der Waals surface area contributed by atoms with Crippen LogP contribution in [0.2, 0.25) is 0 Å². The van der Waals surface area contributed by atoms with Crippen molar-refractivity contribution in [2.75, 3.05) is 11.1 Å². The van der Waals surface area contributed by atoms with Crippen molar-refractivity contribution in [1.29, 1.82) is 0 Å². The van der Waals surface area contributed by atoms with E-state index in [-0.39, 0.29) is 11.7 Å². The Kier molecular flexibility index (Phi) is 6.29. The Bertz CT molecular complexity index is 681. The van der Waals surface area contributed by atoms with Crippen LogP contribution in [-0.2, 0) is 4.79 Å². The van der Waals surface area contributed by atoms with Crippen molar-refractivity contribution in [1.82, 2.24) is 10.2 Å². The Labute approximate surface area is 143 Å². The van der Waals surface area contributed by atoms with Gasteiger partial charge in [0.05, 0.1) is 5.75 Å². The second-order valence-electron chi connectivity index (χ2n) is 5.60. The van der Waals surface area contributed by atoms with Gasteiger partial charge in [-0.2, -0.15) is 0 Å². The number of carbonyl (C=O) groups is 2. The molecular weight excluding hydrogens is 330 g/mol. The van der Waals surface area contributed by atoms with Gasteiger partial charge in [0.2, 0.25) is 11.0 Å². The van der Waals surface area contributed by atoms with Crippen molar-refractivity contribution in [2.24, 2.45) is 5.92 Å². The van der Waals surface area contributed by atoms with Gasteiger partial charge in [0.1, 0.15) is 0 Å². The van der Waals surface area contributed by atoms with Gasteiger partial charge in [-0.25, -0.2) is 0 Å². The number of anilines is 1. The summed E-state index contributed by atoms with van der Waals surface area (Å²) in [5.74, 6) is 0.584. The molecule has 0 spiro atoms. The minimum atomic E-state index is -0.0663. The Balaban J connectivity index is 1.86. The Hall–Kier alpha value is -1.73. The number of benzene rings is 1. The van der Waals surface area contributed by atoms with E-state index in [0.717, 1.165) is 5.56 Å². The second kappa shape index (κ2) is 8.21. The molecule has 2 aromatic rings. The largest absolute Gasteiger partial charge is 0.300 e. The average Bonchev–Trinajstić information content (AvgIpc) is 2.92. The van der Waals surface area contributed by atoms with Gasteiger partial charge in [-0.1, -0.05) is 66.8 Å². The number of nitrogens with zero attached hydrogens (tertiary/aromatic N) is 2. The van der Waals surface area contributed by atoms with Gasteiger partial charge in [0.25, 0.3) is 0 Å². The van der Waals surface area contributed by atoms with E-state index in [1.807, 2.05) is 45.0 Å². The molecule has 0 aliphatic rings. The first-order chi connectivity index (χ1) is 10.9. The molecule has 1 heterocycles. The van der Waals surface area contributed by atoms with Crippen LogP contribution in [0.5, 0.6) is 0 Å². The molecule has 0 aliphatic carbocycles. The van der Waals surface area contributed by atoms with Crippen molar-refractivity contribution in [3.63, 3.8) is 0 Å². The molecule has 1 aromatic heterocycles. The summed E-state index contributed by atoms with van der Waals surface area (Å²) in [6.45, 7) is 5.95. The fourth-order valence-electron chi connectivity index (χ4n) is 1.81. The van der Waals surface area contributed by atoms with Crippen molar-refractivity contribution < 1.29 is 9.59 Å². The Morgan fingerprint density at radius 2 is 1.91 bits per heavy atom. The number of amides is 1. The molecule has 0 fully saturated rings. The molecule has 0 bridgehead atoms. The van der Waals surface area contributed by atoms with E-state index < -0.39 is 0 Å². The van der Waals surface area contributed by atoms with Gasteiger partial charge >= 0.3 is 0 Å². The van der Waals surface area contributed by atoms with Crippen molar-refractivity contribution >= 4 is 39.9 Å². The molecule has 5 nitrogen and oxygen atoms in total. The maximum Gasteiger partial charge on any atom is 0.226 e. The van der Waals surface area contributed by atoms with E-state index in [2.05, 4.69) is 15.5 Å². The molecule has 23 heavy (non-hydrogen) atoms. The first-order valence-electron chi connectivity index (χ1n) is 7.30. The van der Waals surface area contributed by atoms with Crippen LogP contribution >= 0.6 is 23.1 Å². The van der Waals surface area contributed by atoms with E-state index >= 15 is 0 Å². The number of hydrogen-bond donors (Lipinski definition) is 1. The lowest BCUT2D eigenvalue weighted by Gasteiger charge is -2.02. The topological polar surface area (TPSA) is 72.0 Å². The summed E-state index contributed by atoms with van der Waals surface area (Å²) in [6, 6.07) is 7.50. The zero-order chi connectivity index (χ0) is 16.8. The van der Waals surface area contributed by atoms with E-state index in [1.165, 1.54) is 23.1 Å². The first-order valence-corrected chi connectivity index (χ1v) is 9.10. The summed E-state index contributed by atoms with van der Waals surface area (Å²) in [7, 11) is 0. The molecule has 2 rings (SSSR count). The third-order valence-electron chi connectivity index (χ3n) is 2.95. The van der Waals surface area contributed by atoms with E-state index in [0.29, 0.717) is 33.1 Å². The predicted molar refractivity (Wildman–Crippen MR) is 94.2 cm³/mol. The fraction of sp³-hybridized carbons (Fsp3) is 0.375. The van der Waals surface area contributed by atoms with E-state index in [9.17, 15) is 9.59 Å². The number of Topliss-reactive ketones (excluding diaryl/α,β-unsaturated/α-hetero) is 1. The van der Waals surface area contributed by atoms with Crippen LogP contribution in [0, 0.1) is 12.8 Å². The standard InChI is InChI=1S/C16H19N3O2S2/c1-10(2)8-14(21)17-15-18-19-16(23-15)22-9-13(20)12-6-4-11(3)5-7-12/h4-7,10H,8-9H2,1-3H3,(H,17,18,21).